The summed E-state index contributed by atoms with van der Waals surface area (Å²) >= 11 is 0. The van der Waals surface area contributed by atoms with Gasteiger partial charge < -0.3 is 4.79 Å². The van der Waals surface area contributed by atoms with Crippen molar-refractivity contribution in [1.29, 1.82) is 0 Å². The molecule has 2 atom stereocenters. The Hall–Kier alpha value is -0.400. The van der Waals surface area contributed by atoms with Crippen LogP contribution in [0.3, 0.4) is 0 Å². The predicted molar refractivity (Wildman–Crippen MR) is 37.5 cm³/mol. The van der Waals surface area contributed by atoms with Crippen LogP contribution in [0.4, 0.5) is 4.39 Å². The van der Waals surface area contributed by atoms with Crippen LogP contribution in [0.15, 0.2) is 0 Å². The van der Waals surface area contributed by atoms with Gasteiger partial charge in [0.2, 0.25) is 0 Å². The van der Waals surface area contributed by atoms with Gasteiger partial charge in [0, 0.05) is 6.42 Å². The summed E-state index contributed by atoms with van der Waals surface area (Å²) in [6.45, 7) is 1.55. The third-order valence-electron chi connectivity index (χ3n) is 2.19. The van der Waals surface area contributed by atoms with Crippen LogP contribution in [0, 0.1) is 11.8 Å². The highest BCUT2D eigenvalue weighted by Crippen LogP contribution is 2.40. The van der Waals surface area contributed by atoms with Gasteiger partial charge in [-0.1, -0.05) is 0 Å². The Bertz CT molecular complexity index is 116. The van der Waals surface area contributed by atoms with Gasteiger partial charge in [-0.05, 0) is 31.6 Å². The standard InChI is InChI=1S/C8H13FO/c1-6(9)8(4-5-10)7-2-3-7/h5-8H,2-4H2,1H3. The van der Waals surface area contributed by atoms with Gasteiger partial charge in [-0.15, -0.1) is 0 Å². The van der Waals surface area contributed by atoms with E-state index in [1.807, 2.05) is 0 Å². The van der Waals surface area contributed by atoms with Crippen LogP contribution in [-0.2, 0) is 4.79 Å². The lowest BCUT2D eigenvalue weighted by atomic mass is 9.96. The number of rotatable bonds is 4. The fraction of sp³-hybridized carbons (Fsp3) is 0.875. The Labute approximate surface area is 60.6 Å². The molecule has 0 N–H and O–H groups in total. The van der Waals surface area contributed by atoms with Crippen molar-refractivity contribution < 1.29 is 9.18 Å². The average Bonchev–Trinajstić information content (AvgIpc) is 2.63. The summed E-state index contributed by atoms with van der Waals surface area (Å²) < 4.78 is 12.7. The molecule has 1 aliphatic rings. The molecule has 0 aromatic rings. The minimum atomic E-state index is -0.808. The van der Waals surface area contributed by atoms with Crippen LogP contribution in [0.5, 0.6) is 0 Å². The number of carbonyl (C=O) groups excluding carboxylic acids is 1. The Morgan fingerprint density at radius 2 is 2.30 bits per heavy atom. The maximum absolute atomic E-state index is 12.7. The number of hydrogen-bond acceptors (Lipinski definition) is 1. The van der Waals surface area contributed by atoms with E-state index in [1.54, 1.807) is 6.92 Å². The number of carbonyl (C=O) groups is 1. The molecule has 0 saturated heterocycles. The SMILES string of the molecule is CC(F)C(CC=O)C1CC1. The first-order chi connectivity index (χ1) is 4.75. The highest BCUT2D eigenvalue weighted by atomic mass is 19.1. The molecule has 0 spiro atoms. The van der Waals surface area contributed by atoms with Crippen molar-refractivity contribution in [2.75, 3.05) is 0 Å². The molecule has 2 heteroatoms. The van der Waals surface area contributed by atoms with Gasteiger partial charge >= 0.3 is 0 Å². The molecular weight excluding hydrogens is 131 g/mol. The Morgan fingerprint density at radius 1 is 1.70 bits per heavy atom. The van der Waals surface area contributed by atoms with E-state index in [1.165, 1.54) is 0 Å². The third-order valence-corrected chi connectivity index (χ3v) is 2.19. The van der Waals surface area contributed by atoms with Crippen LogP contribution in [-0.4, -0.2) is 12.5 Å². The van der Waals surface area contributed by atoms with E-state index < -0.39 is 6.17 Å². The predicted octanol–water partition coefficient (Wildman–Crippen LogP) is 1.96. The van der Waals surface area contributed by atoms with Crippen molar-refractivity contribution in [2.45, 2.75) is 32.4 Å². The van der Waals surface area contributed by atoms with Crippen LogP contribution in [0.2, 0.25) is 0 Å². The second-order valence-electron chi connectivity index (χ2n) is 3.08. The third kappa shape index (κ3) is 1.79. The Balaban J connectivity index is 2.33. The zero-order valence-electron chi connectivity index (χ0n) is 6.22. The maximum Gasteiger partial charge on any atom is 0.120 e. The molecule has 1 fully saturated rings. The Kier molecular flexibility index (Phi) is 2.41. The number of alkyl halides is 1. The summed E-state index contributed by atoms with van der Waals surface area (Å²) in [6, 6.07) is 0. The van der Waals surface area contributed by atoms with Crippen molar-refractivity contribution in [3.63, 3.8) is 0 Å². The van der Waals surface area contributed by atoms with Gasteiger partial charge in [-0.2, -0.15) is 0 Å². The van der Waals surface area contributed by atoms with Crippen LogP contribution in [0.1, 0.15) is 26.2 Å². The van der Waals surface area contributed by atoms with Gasteiger partial charge in [-0.25, -0.2) is 4.39 Å². The summed E-state index contributed by atoms with van der Waals surface area (Å²) in [6.07, 6.45) is 2.67. The molecule has 10 heavy (non-hydrogen) atoms. The molecule has 1 saturated carbocycles. The highest BCUT2D eigenvalue weighted by molar-refractivity contribution is 5.50. The normalized spacial score (nSPS) is 23.8. The van der Waals surface area contributed by atoms with E-state index in [0.717, 1.165) is 19.1 Å². The van der Waals surface area contributed by atoms with E-state index in [9.17, 15) is 9.18 Å². The number of hydrogen-bond donors (Lipinski definition) is 0. The summed E-state index contributed by atoms with van der Waals surface area (Å²) in [5, 5.41) is 0. The molecule has 0 aliphatic heterocycles. The van der Waals surface area contributed by atoms with Crippen LogP contribution >= 0.6 is 0 Å². The molecule has 0 radical (unpaired) electrons. The zero-order chi connectivity index (χ0) is 7.56. The lowest BCUT2D eigenvalue weighted by molar-refractivity contribution is -0.109. The number of aldehydes is 1. The summed E-state index contributed by atoms with van der Waals surface area (Å²) in [7, 11) is 0. The molecule has 1 rings (SSSR count). The molecule has 58 valence electrons. The van der Waals surface area contributed by atoms with E-state index in [0.29, 0.717) is 12.3 Å². The van der Waals surface area contributed by atoms with Crippen molar-refractivity contribution in [3.05, 3.63) is 0 Å². The van der Waals surface area contributed by atoms with Gasteiger partial charge in [0.05, 0.1) is 0 Å². The molecule has 0 amide bonds. The monoisotopic (exact) mass is 144 g/mol. The molecule has 0 bridgehead atoms. The number of halogens is 1. The molecule has 0 aromatic heterocycles. The van der Waals surface area contributed by atoms with Gasteiger partial charge in [0.1, 0.15) is 12.5 Å². The van der Waals surface area contributed by atoms with Gasteiger partial charge in [0.15, 0.2) is 0 Å². The van der Waals surface area contributed by atoms with Gasteiger partial charge in [-0.3, -0.25) is 0 Å². The minimum Gasteiger partial charge on any atom is -0.303 e. The zero-order valence-corrected chi connectivity index (χ0v) is 6.22. The summed E-state index contributed by atoms with van der Waals surface area (Å²) in [4.78, 5) is 10.1. The topological polar surface area (TPSA) is 17.1 Å². The molecule has 1 aliphatic carbocycles. The quantitative estimate of drug-likeness (QED) is 0.551. The van der Waals surface area contributed by atoms with E-state index >= 15 is 0 Å². The molecule has 1 nitrogen and oxygen atoms in total. The second kappa shape index (κ2) is 3.13. The maximum atomic E-state index is 12.7. The first kappa shape index (κ1) is 7.70. The van der Waals surface area contributed by atoms with E-state index in [4.69, 9.17) is 0 Å². The first-order valence-corrected chi connectivity index (χ1v) is 3.83. The smallest absolute Gasteiger partial charge is 0.120 e. The first-order valence-electron chi connectivity index (χ1n) is 3.83. The molecule has 0 aromatic carbocycles. The lowest BCUT2D eigenvalue weighted by Gasteiger charge is -2.13. The second-order valence-corrected chi connectivity index (χ2v) is 3.08. The largest absolute Gasteiger partial charge is 0.303 e. The average molecular weight is 144 g/mol. The molecule has 0 heterocycles. The lowest BCUT2D eigenvalue weighted by Crippen LogP contribution is -2.14. The minimum absolute atomic E-state index is 0.0116. The van der Waals surface area contributed by atoms with Crippen LogP contribution in [0.25, 0.3) is 0 Å². The molecular formula is C8H13FO. The van der Waals surface area contributed by atoms with Crippen molar-refractivity contribution >= 4 is 6.29 Å². The fourth-order valence-electron chi connectivity index (χ4n) is 1.39. The van der Waals surface area contributed by atoms with Crippen molar-refractivity contribution in [3.8, 4) is 0 Å². The van der Waals surface area contributed by atoms with Crippen LogP contribution < -0.4 is 0 Å². The molecule has 2 unspecified atom stereocenters. The van der Waals surface area contributed by atoms with E-state index in [-0.39, 0.29) is 5.92 Å². The summed E-state index contributed by atoms with van der Waals surface area (Å²) in [5.41, 5.74) is 0. The fourth-order valence-corrected chi connectivity index (χ4v) is 1.39. The van der Waals surface area contributed by atoms with Gasteiger partial charge in [0.25, 0.3) is 0 Å². The van der Waals surface area contributed by atoms with Crippen molar-refractivity contribution in [2.24, 2.45) is 11.8 Å². The van der Waals surface area contributed by atoms with E-state index in [2.05, 4.69) is 0 Å². The highest BCUT2D eigenvalue weighted by Gasteiger charge is 2.34. The Morgan fingerprint density at radius 3 is 2.60 bits per heavy atom. The summed E-state index contributed by atoms with van der Waals surface area (Å²) in [5.74, 6) is 0.516. The van der Waals surface area contributed by atoms with Crippen molar-refractivity contribution in [1.82, 2.24) is 0 Å².